The molecule has 1 fully saturated rings. The van der Waals surface area contributed by atoms with Gasteiger partial charge in [-0.25, -0.2) is 0 Å². The molecule has 6 heteroatoms. The maximum atomic E-state index is 12.6. The minimum atomic E-state index is -0.402. The molecule has 2 amide bonds. The van der Waals surface area contributed by atoms with Crippen LogP contribution in [0.15, 0.2) is 17.5 Å². The molecule has 2 rings (SSSR count). The second kappa shape index (κ2) is 8.45. The molecular weight excluding hydrogens is 310 g/mol. The van der Waals surface area contributed by atoms with Crippen molar-refractivity contribution in [2.24, 2.45) is 5.92 Å². The molecule has 1 aliphatic rings. The van der Waals surface area contributed by atoms with Crippen LogP contribution >= 0.6 is 11.3 Å². The van der Waals surface area contributed by atoms with Crippen molar-refractivity contribution in [3.63, 3.8) is 0 Å². The van der Waals surface area contributed by atoms with E-state index in [0.717, 1.165) is 25.7 Å². The maximum absolute atomic E-state index is 12.6. The number of hydrogen-bond acceptors (Lipinski definition) is 4. The first kappa shape index (κ1) is 17.9. The molecule has 2 unspecified atom stereocenters. The number of carbonyl (C=O) groups excluding carboxylic acids is 2. The highest BCUT2D eigenvalue weighted by Gasteiger charge is 2.31. The second-order valence-corrected chi connectivity index (χ2v) is 7.44. The van der Waals surface area contributed by atoms with Crippen molar-refractivity contribution in [3.05, 3.63) is 22.4 Å². The van der Waals surface area contributed by atoms with Crippen molar-refractivity contribution in [2.45, 2.75) is 44.7 Å². The van der Waals surface area contributed by atoms with Gasteiger partial charge in [0.2, 0.25) is 11.8 Å². The molecular formula is C17H27N3O2S. The molecule has 1 aromatic rings. The fourth-order valence-corrected chi connectivity index (χ4v) is 4.16. The lowest BCUT2D eigenvalue weighted by Crippen LogP contribution is -2.51. The number of hydrogen-bond donors (Lipinski definition) is 2. The van der Waals surface area contributed by atoms with Crippen LogP contribution in [0.3, 0.4) is 0 Å². The summed E-state index contributed by atoms with van der Waals surface area (Å²) < 4.78 is 0. The molecule has 0 bridgehead atoms. The van der Waals surface area contributed by atoms with Gasteiger partial charge in [0, 0.05) is 18.3 Å². The summed E-state index contributed by atoms with van der Waals surface area (Å²) in [6.45, 7) is 2.03. The van der Waals surface area contributed by atoms with Gasteiger partial charge < -0.3 is 15.5 Å². The number of likely N-dealkylation sites (N-methyl/N-ethyl adjacent to an activating group) is 1. The molecule has 0 radical (unpaired) electrons. The molecule has 1 aliphatic carbocycles. The first-order valence-corrected chi connectivity index (χ1v) is 9.11. The summed E-state index contributed by atoms with van der Waals surface area (Å²) in [5.41, 5.74) is 0. The van der Waals surface area contributed by atoms with Crippen LogP contribution in [0.4, 0.5) is 0 Å². The van der Waals surface area contributed by atoms with Crippen molar-refractivity contribution in [1.82, 2.24) is 15.5 Å². The van der Waals surface area contributed by atoms with E-state index in [1.807, 2.05) is 25.5 Å². The Morgan fingerprint density at radius 1 is 1.35 bits per heavy atom. The number of nitrogens with one attached hydrogen (secondary N) is 2. The summed E-state index contributed by atoms with van der Waals surface area (Å²) in [6, 6.07) is 3.86. The Labute approximate surface area is 142 Å². The molecule has 1 saturated carbocycles. The van der Waals surface area contributed by atoms with Gasteiger partial charge in [-0.05, 0) is 44.3 Å². The third kappa shape index (κ3) is 5.04. The average molecular weight is 337 g/mol. The molecule has 0 aromatic carbocycles. The standard InChI is InChI=1S/C17H27N3O2S/c1-12(21)19-16(13-7-4-5-8-13)17(22)18-11-14(20(2)3)15-9-6-10-23-15/h6,9-10,13-14,16H,4-5,7-8,11H2,1-3H3,(H,18,22)(H,19,21). The molecule has 0 saturated heterocycles. The van der Waals surface area contributed by atoms with Crippen LogP contribution < -0.4 is 10.6 Å². The highest BCUT2D eigenvalue weighted by molar-refractivity contribution is 7.10. The van der Waals surface area contributed by atoms with Gasteiger partial charge in [-0.1, -0.05) is 18.9 Å². The summed E-state index contributed by atoms with van der Waals surface area (Å²) in [4.78, 5) is 27.4. The molecule has 1 heterocycles. The van der Waals surface area contributed by atoms with Gasteiger partial charge in [-0.2, -0.15) is 0 Å². The minimum absolute atomic E-state index is 0.0597. The molecule has 2 N–H and O–H groups in total. The largest absolute Gasteiger partial charge is 0.352 e. The lowest BCUT2D eigenvalue weighted by atomic mass is 9.97. The molecule has 2 atom stereocenters. The Morgan fingerprint density at radius 2 is 2.04 bits per heavy atom. The van der Waals surface area contributed by atoms with Crippen LogP contribution in [0.1, 0.15) is 43.5 Å². The second-order valence-electron chi connectivity index (χ2n) is 6.46. The van der Waals surface area contributed by atoms with E-state index in [1.165, 1.54) is 11.8 Å². The summed E-state index contributed by atoms with van der Waals surface area (Å²) in [5.74, 6) is 0.0633. The Balaban J connectivity index is 1.98. The van der Waals surface area contributed by atoms with Gasteiger partial charge in [0.1, 0.15) is 6.04 Å². The summed E-state index contributed by atoms with van der Waals surface area (Å²) in [6.07, 6.45) is 4.31. The van der Waals surface area contributed by atoms with Gasteiger partial charge in [0.25, 0.3) is 0 Å². The molecule has 23 heavy (non-hydrogen) atoms. The summed E-state index contributed by atoms with van der Waals surface area (Å²) >= 11 is 1.69. The monoisotopic (exact) mass is 337 g/mol. The van der Waals surface area contributed by atoms with E-state index in [-0.39, 0.29) is 23.8 Å². The average Bonchev–Trinajstić information content (AvgIpc) is 3.17. The Hall–Kier alpha value is -1.40. The zero-order valence-electron chi connectivity index (χ0n) is 14.2. The molecule has 5 nitrogen and oxygen atoms in total. The number of thiophene rings is 1. The number of rotatable bonds is 7. The first-order valence-electron chi connectivity index (χ1n) is 8.23. The van der Waals surface area contributed by atoms with Crippen molar-refractivity contribution in [2.75, 3.05) is 20.6 Å². The zero-order valence-corrected chi connectivity index (χ0v) is 15.0. The summed E-state index contributed by atoms with van der Waals surface area (Å²) in [5, 5.41) is 7.94. The van der Waals surface area contributed by atoms with Crippen LogP contribution in [0.5, 0.6) is 0 Å². The van der Waals surface area contributed by atoms with Crippen LogP contribution in [0.2, 0.25) is 0 Å². The predicted octanol–water partition coefficient (Wildman–Crippen LogP) is 2.16. The smallest absolute Gasteiger partial charge is 0.242 e. The van der Waals surface area contributed by atoms with E-state index in [1.54, 1.807) is 11.3 Å². The normalized spacial score (nSPS) is 17.9. The first-order chi connectivity index (χ1) is 11.0. The van der Waals surface area contributed by atoms with Gasteiger partial charge in [0.15, 0.2) is 0 Å². The van der Waals surface area contributed by atoms with Gasteiger partial charge in [-0.3, -0.25) is 9.59 Å². The van der Waals surface area contributed by atoms with E-state index in [0.29, 0.717) is 6.54 Å². The Bertz CT molecular complexity index is 510. The van der Waals surface area contributed by atoms with Crippen LogP contribution in [-0.2, 0) is 9.59 Å². The number of nitrogens with zero attached hydrogens (tertiary/aromatic N) is 1. The lowest BCUT2D eigenvalue weighted by Gasteiger charge is -2.27. The van der Waals surface area contributed by atoms with E-state index < -0.39 is 6.04 Å². The van der Waals surface area contributed by atoms with E-state index >= 15 is 0 Å². The van der Waals surface area contributed by atoms with Crippen LogP contribution in [0, 0.1) is 5.92 Å². The fraction of sp³-hybridized carbons (Fsp3) is 0.647. The Kier molecular flexibility index (Phi) is 6.59. The molecule has 1 aromatic heterocycles. The highest BCUT2D eigenvalue weighted by atomic mass is 32.1. The number of amides is 2. The number of carbonyl (C=O) groups is 2. The van der Waals surface area contributed by atoms with Crippen molar-refractivity contribution < 1.29 is 9.59 Å². The third-order valence-electron chi connectivity index (χ3n) is 4.48. The summed E-state index contributed by atoms with van der Waals surface area (Å²) in [7, 11) is 4.03. The quantitative estimate of drug-likeness (QED) is 0.801. The van der Waals surface area contributed by atoms with Crippen molar-refractivity contribution in [1.29, 1.82) is 0 Å². The third-order valence-corrected chi connectivity index (χ3v) is 5.45. The van der Waals surface area contributed by atoms with Gasteiger partial charge in [0.05, 0.1) is 6.04 Å². The van der Waals surface area contributed by atoms with Crippen LogP contribution in [-0.4, -0.2) is 43.4 Å². The van der Waals surface area contributed by atoms with Crippen molar-refractivity contribution >= 4 is 23.2 Å². The van der Waals surface area contributed by atoms with Crippen molar-refractivity contribution in [3.8, 4) is 0 Å². The van der Waals surface area contributed by atoms with E-state index in [2.05, 4.69) is 21.6 Å². The molecule has 0 aliphatic heterocycles. The van der Waals surface area contributed by atoms with E-state index in [4.69, 9.17) is 0 Å². The zero-order chi connectivity index (χ0) is 16.8. The SMILES string of the molecule is CC(=O)NC(C(=O)NCC(c1cccs1)N(C)C)C1CCCC1. The van der Waals surface area contributed by atoms with Gasteiger partial charge >= 0.3 is 0 Å². The molecule has 128 valence electrons. The topological polar surface area (TPSA) is 61.4 Å². The lowest BCUT2D eigenvalue weighted by molar-refractivity contribution is -0.129. The highest BCUT2D eigenvalue weighted by Crippen LogP contribution is 2.28. The Morgan fingerprint density at radius 3 is 2.57 bits per heavy atom. The fourth-order valence-electron chi connectivity index (χ4n) is 3.23. The van der Waals surface area contributed by atoms with Gasteiger partial charge in [-0.15, -0.1) is 11.3 Å². The minimum Gasteiger partial charge on any atom is -0.352 e. The predicted molar refractivity (Wildman–Crippen MR) is 93.3 cm³/mol. The molecule has 0 spiro atoms. The maximum Gasteiger partial charge on any atom is 0.242 e. The van der Waals surface area contributed by atoms with Crippen LogP contribution in [0.25, 0.3) is 0 Å². The van der Waals surface area contributed by atoms with E-state index in [9.17, 15) is 9.59 Å².